The molecule has 1 N–H and O–H groups in total. The molecule has 1 heterocycles. The van der Waals surface area contributed by atoms with Gasteiger partial charge in [-0.2, -0.15) is 0 Å². The molecule has 0 atom stereocenters. The number of hydrogen-bond acceptors (Lipinski definition) is 2. The number of allylic oxidation sites excluding steroid dienone is 6. The summed E-state index contributed by atoms with van der Waals surface area (Å²) < 4.78 is 0. The monoisotopic (exact) mass is 449 g/mol. The van der Waals surface area contributed by atoms with Gasteiger partial charge in [-0.05, 0) is 99.8 Å². The van der Waals surface area contributed by atoms with E-state index in [0.717, 1.165) is 42.4 Å². The Kier molecular flexibility index (Phi) is 9.23. The Morgan fingerprint density at radius 2 is 1.82 bits per heavy atom. The van der Waals surface area contributed by atoms with Gasteiger partial charge in [0.15, 0.2) is 0 Å². The molecule has 1 saturated heterocycles. The van der Waals surface area contributed by atoms with Crippen LogP contribution in [0, 0.1) is 5.41 Å². The molecular formula is C30H47N3. The normalized spacial score (nSPS) is 22.5. The molecule has 0 unspecified atom stereocenters. The average molecular weight is 450 g/mol. The molecule has 1 saturated carbocycles. The minimum atomic E-state index is 0.503. The van der Waals surface area contributed by atoms with Gasteiger partial charge in [-0.25, -0.2) is 4.99 Å². The van der Waals surface area contributed by atoms with Crippen molar-refractivity contribution in [2.45, 2.75) is 105 Å². The summed E-state index contributed by atoms with van der Waals surface area (Å²) in [6.07, 6.45) is 20.2. The standard InChI is InChI=1S/C30H47N3/c1-7-23(3)29(24(4)28(8-2)27-16-12-11-13-17-27)32-25(5)31-26(6)33-21-20-30(22-33)18-14-9-10-15-19-30/h8,16H,3,6-7,9-15,17-22H2,1-2,4-5H3,(H,31,32)/b28-8+,29-24+. The lowest BCUT2D eigenvalue weighted by molar-refractivity contribution is 0.247. The zero-order valence-electron chi connectivity index (χ0n) is 21.9. The van der Waals surface area contributed by atoms with Crippen LogP contribution in [0.25, 0.3) is 0 Å². The van der Waals surface area contributed by atoms with E-state index in [4.69, 9.17) is 4.99 Å². The van der Waals surface area contributed by atoms with Crippen molar-refractivity contribution >= 4 is 5.84 Å². The average Bonchev–Trinajstić information content (AvgIpc) is 3.10. The highest BCUT2D eigenvalue weighted by atomic mass is 15.2. The topological polar surface area (TPSA) is 27.6 Å². The molecule has 3 rings (SSSR count). The van der Waals surface area contributed by atoms with E-state index in [2.05, 4.69) is 63.2 Å². The van der Waals surface area contributed by atoms with E-state index in [1.165, 1.54) is 87.3 Å². The first-order valence-electron chi connectivity index (χ1n) is 13.4. The van der Waals surface area contributed by atoms with Gasteiger partial charge in [0.1, 0.15) is 11.7 Å². The molecule has 1 spiro atoms. The fourth-order valence-electron chi connectivity index (χ4n) is 6.00. The molecular weight excluding hydrogens is 402 g/mol. The Bertz CT molecular complexity index is 844. The van der Waals surface area contributed by atoms with E-state index in [-0.39, 0.29) is 0 Å². The predicted octanol–water partition coefficient (Wildman–Crippen LogP) is 8.20. The van der Waals surface area contributed by atoms with E-state index in [1.807, 2.05) is 0 Å². The molecule has 3 aliphatic rings. The molecule has 33 heavy (non-hydrogen) atoms. The van der Waals surface area contributed by atoms with Crippen LogP contribution in [0.1, 0.15) is 105 Å². The Balaban J connectivity index is 1.75. The van der Waals surface area contributed by atoms with Crippen molar-refractivity contribution in [1.29, 1.82) is 0 Å². The lowest BCUT2D eigenvalue weighted by Crippen LogP contribution is -2.28. The van der Waals surface area contributed by atoms with Crippen molar-refractivity contribution in [1.82, 2.24) is 10.2 Å². The Labute approximate surface area is 203 Å². The van der Waals surface area contributed by atoms with Crippen LogP contribution in [0.5, 0.6) is 0 Å². The first kappa shape index (κ1) is 25.6. The SMILES string of the molecule is C=C(CC)/C(NC(C)=NC(=C)N1CCC2(CCCCCC2)C1)=C(C)\C(=C/C)C1=CCCCC1. The molecule has 0 aromatic heterocycles. The summed E-state index contributed by atoms with van der Waals surface area (Å²) in [5.41, 5.74) is 6.86. The molecule has 1 aliphatic heterocycles. The van der Waals surface area contributed by atoms with Crippen molar-refractivity contribution in [3.63, 3.8) is 0 Å². The highest BCUT2D eigenvalue weighted by Gasteiger charge is 2.38. The summed E-state index contributed by atoms with van der Waals surface area (Å²) in [7, 11) is 0. The fraction of sp³-hybridized carbons (Fsp3) is 0.633. The van der Waals surface area contributed by atoms with Gasteiger partial charge < -0.3 is 10.2 Å². The van der Waals surface area contributed by atoms with Gasteiger partial charge in [-0.1, -0.05) is 57.9 Å². The lowest BCUT2D eigenvalue weighted by atomic mass is 9.80. The van der Waals surface area contributed by atoms with Crippen molar-refractivity contribution in [2.75, 3.05) is 13.1 Å². The van der Waals surface area contributed by atoms with Crippen LogP contribution in [-0.4, -0.2) is 23.8 Å². The lowest BCUT2D eigenvalue weighted by Gasteiger charge is -2.28. The summed E-state index contributed by atoms with van der Waals surface area (Å²) in [5.74, 6) is 1.81. The number of nitrogens with one attached hydrogen (secondary N) is 1. The zero-order valence-corrected chi connectivity index (χ0v) is 21.9. The van der Waals surface area contributed by atoms with Crippen molar-refractivity contribution in [3.05, 3.63) is 59.1 Å². The molecule has 0 amide bonds. The Hall–Kier alpha value is -2.03. The minimum absolute atomic E-state index is 0.503. The molecule has 2 aliphatic carbocycles. The third kappa shape index (κ3) is 6.52. The van der Waals surface area contributed by atoms with Crippen LogP contribution in [0.2, 0.25) is 0 Å². The van der Waals surface area contributed by atoms with E-state index < -0.39 is 0 Å². The Morgan fingerprint density at radius 1 is 1.09 bits per heavy atom. The molecule has 0 bridgehead atoms. The van der Waals surface area contributed by atoms with Crippen molar-refractivity contribution < 1.29 is 0 Å². The maximum Gasteiger partial charge on any atom is 0.123 e. The molecule has 2 fully saturated rings. The second kappa shape index (κ2) is 11.9. The number of likely N-dealkylation sites (tertiary alicyclic amines) is 1. The van der Waals surface area contributed by atoms with Gasteiger partial charge in [0, 0.05) is 18.8 Å². The molecule has 0 aromatic carbocycles. The second-order valence-electron chi connectivity index (χ2n) is 10.5. The first-order valence-corrected chi connectivity index (χ1v) is 13.4. The summed E-state index contributed by atoms with van der Waals surface area (Å²) in [6.45, 7) is 19.6. The summed E-state index contributed by atoms with van der Waals surface area (Å²) in [4.78, 5) is 7.35. The molecule has 0 radical (unpaired) electrons. The highest BCUT2D eigenvalue weighted by molar-refractivity contribution is 5.83. The number of hydrogen-bond donors (Lipinski definition) is 1. The van der Waals surface area contributed by atoms with Gasteiger partial charge in [-0.15, -0.1) is 0 Å². The summed E-state index contributed by atoms with van der Waals surface area (Å²) in [5, 5.41) is 3.63. The van der Waals surface area contributed by atoms with E-state index in [1.54, 1.807) is 0 Å². The van der Waals surface area contributed by atoms with Crippen LogP contribution in [0.15, 0.2) is 64.1 Å². The third-order valence-electron chi connectivity index (χ3n) is 8.06. The molecule has 182 valence electrons. The quantitative estimate of drug-likeness (QED) is 0.241. The zero-order chi connectivity index (χ0) is 23.8. The summed E-state index contributed by atoms with van der Waals surface area (Å²) >= 11 is 0. The third-order valence-corrected chi connectivity index (χ3v) is 8.06. The molecule has 3 nitrogen and oxygen atoms in total. The van der Waals surface area contributed by atoms with E-state index in [0.29, 0.717) is 5.41 Å². The van der Waals surface area contributed by atoms with E-state index >= 15 is 0 Å². The van der Waals surface area contributed by atoms with Crippen molar-refractivity contribution in [2.24, 2.45) is 10.4 Å². The predicted molar refractivity (Wildman–Crippen MR) is 144 cm³/mol. The summed E-state index contributed by atoms with van der Waals surface area (Å²) in [6, 6.07) is 0. The van der Waals surface area contributed by atoms with Crippen LogP contribution in [-0.2, 0) is 0 Å². The first-order chi connectivity index (χ1) is 15.9. The number of nitrogens with zero attached hydrogens (tertiary/aromatic N) is 2. The smallest absolute Gasteiger partial charge is 0.123 e. The highest BCUT2D eigenvalue weighted by Crippen LogP contribution is 2.43. The van der Waals surface area contributed by atoms with Crippen LogP contribution in [0.4, 0.5) is 0 Å². The van der Waals surface area contributed by atoms with Gasteiger partial charge in [-0.3, -0.25) is 0 Å². The maximum absolute atomic E-state index is 4.92. The number of amidine groups is 1. The van der Waals surface area contributed by atoms with Crippen molar-refractivity contribution in [3.8, 4) is 0 Å². The van der Waals surface area contributed by atoms with Crippen LogP contribution < -0.4 is 5.32 Å². The second-order valence-corrected chi connectivity index (χ2v) is 10.5. The largest absolute Gasteiger partial charge is 0.356 e. The van der Waals surface area contributed by atoms with E-state index in [9.17, 15) is 0 Å². The van der Waals surface area contributed by atoms with Crippen LogP contribution in [0.3, 0.4) is 0 Å². The number of aliphatic imine (C=N–C) groups is 1. The Morgan fingerprint density at radius 3 is 2.42 bits per heavy atom. The minimum Gasteiger partial charge on any atom is -0.356 e. The number of rotatable bonds is 7. The maximum atomic E-state index is 4.92. The van der Waals surface area contributed by atoms with Crippen LogP contribution >= 0.6 is 0 Å². The molecule has 3 heteroatoms. The van der Waals surface area contributed by atoms with Gasteiger partial charge in [0.2, 0.25) is 0 Å². The van der Waals surface area contributed by atoms with Gasteiger partial charge in [0.05, 0.1) is 0 Å². The van der Waals surface area contributed by atoms with Gasteiger partial charge in [0.25, 0.3) is 0 Å². The fourth-order valence-corrected chi connectivity index (χ4v) is 6.00. The van der Waals surface area contributed by atoms with Gasteiger partial charge >= 0.3 is 0 Å². The molecule has 0 aromatic rings.